The number of nitrogens with zero attached hydrogens (tertiary/aromatic N) is 1. The van der Waals surface area contributed by atoms with Crippen LogP contribution in [0.25, 0.3) is 0 Å². The predicted octanol–water partition coefficient (Wildman–Crippen LogP) is 4.07. The van der Waals surface area contributed by atoms with Gasteiger partial charge in [-0.05, 0) is 73.7 Å². The van der Waals surface area contributed by atoms with Crippen LogP contribution >= 0.6 is 0 Å². The number of carbonyl (C=O) groups excluding carboxylic acids is 2. The molecule has 1 amide bonds. The maximum absolute atomic E-state index is 12.7. The molecule has 166 valence electrons. The van der Waals surface area contributed by atoms with Crippen molar-refractivity contribution in [2.24, 2.45) is 5.92 Å². The summed E-state index contributed by atoms with van der Waals surface area (Å²) in [6.07, 6.45) is 2.42. The number of Topliss-reactive ketones (excluding diaryl/α,β-unsaturated/α-hetero) is 1. The zero-order valence-corrected chi connectivity index (χ0v) is 18.9. The minimum absolute atomic E-state index is 0.0292. The van der Waals surface area contributed by atoms with E-state index in [4.69, 9.17) is 4.74 Å². The summed E-state index contributed by atoms with van der Waals surface area (Å²) in [5.74, 6) is 1.56. The molecule has 1 aliphatic heterocycles. The largest absolute Gasteiger partial charge is 0.497 e. The molecule has 0 spiro atoms. The van der Waals surface area contributed by atoms with E-state index in [1.165, 1.54) is 11.1 Å². The standard InChI is InChI=1S/C26H34N2O3/c1-19(2)21-6-4-20(5-7-21)12-15-27-25(29)18-28-16-13-23(14-17-28)26(30)22-8-10-24(31-3)11-9-22/h4-11,19,23H,12-18H2,1-3H3,(H,27,29). The number of piperidine rings is 1. The van der Waals surface area contributed by atoms with E-state index in [9.17, 15) is 9.59 Å². The number of nitrogens with one attached hydrogen (secondary N) is 1. The quantitative estimate of drug-likeness (QED) is 0.619. The molecule has 31 heavy (non-hydrogen) atoms. The monoisotopic (exact) mass is 422 g/mol. The Balaban J connectivity index is 1.37. The SMILES string of the molecule is COc1ccc(C(=O)C2CCN(CC(=O)NCCc3ccc(C(C)C)cc3)CC2)cc1. The van der Waals surface area contributed by atoms with Crippen LogP contribution in [0.5, 0.6) is 5.75 Å². The number of benzene rings is 2. The molecule has 1 saturated heterocycles. The van der Waals surface area contributed by atoms with Gasteiger partial charge in [0, 0.05) is 18.0 Å². The van der Waals surface area contributed by atoms with Crippen molar-refractivity contribution < 1.29 is 14.3 Å². The highest BCUT2D eigenvalue weighted by atomic mass is 16.5. The van der Waals surface area contributed by atoms with E-state index < -0.39 is 0 Å². The van der Waals surface area contributed by atoms with Crippen molar-refractivity contribution in [3.8, 4) is 5.75 Å². The molecule has 3 rings (SSSR count). The van der Waals surface area contributed by atoms with Crippen LogP contribution in [0.15, 0.2) is 48.5 Å². The Morgan fingerprint density at radius 2 is 1.68 bits per heavy atom. The average molecular weight is 423 g/mol. The molecule has 0 bridgehead atoms. The molecule has 1 heterocycles. The van der Waals surface area contributed by atoms with E-state index in [1.54, 1.807) is 7.11 Å². The summed E-state index contributed by atoms with van der Waals surface area (Å²) in [5.41, 5.74) is 3.31. The molecule has 1 N–H and O–H groups in total. The number of ketones is 1. The molecular weight excluding hydrogens is 388 g/mol. The van der Waals surface area contributed by atoms with E-state index in [0.717, 1.165) is 43.7 Å². The first-order valence-electron chi connectivity index (χ1n) is 11.2. The number of ether oxygens (including phenoxy) is 1. The Hall–Kier alpha value is -2.66. The number of methoxy groups -OCH3 is 1. The van der Waals surface area contributed by atoms with Gasteiger partial charge in [-0.3, -0.25) is 14.5 Å². The van der Waals surface area contributed by atoms with Gasteiger partial charge in [0.05, 0.1) is 13.7 Å². The van der Waals surface area contributed by atoms with E-state index in [1.807, 2.05) is 24.3 Å². The highest BCUT2D eigenvalue weighted by molar-refractivity contribution is 5.98. The number of amides is 1. The van der Waals surface area contributed by atoms with Crippen LogP contribution in [0.1, 0.15) is 54.1 Å². The molecule has 0 radical (unpaired) electrons. The topological polar surface area (TPSA) is 58.6 Å². The zero-order chi connectivity index (χ0) is 22.2. The smallest absolute Gasteiger partial charge is 0.234 e. The Morgan fingerprint density at radius 1 is 1.03 bits per heavy atom. The van der Waals surface area contributed by atoms with Crippen molar-refractivity contribution in [3.63, 3.8) is 0 Å². The molecular formula is C26H34N2O3. The fourth-order valence-corrected chi connectivity index (χ4v) is 4.02. The van der Waals surface area contributed by atoms with Crippen LogP contribution in [0.4, 0.5) is 0 Å². The number of rotatable bonds is 9. The zero-order valence-electron chi connectivity index (χ0n) is 18.9. The Bertz CT molecular complexity index is 851. The summed E-state index contributed by atoms with van der Waals surface area (Å²) in [6, 6.07) is 15.9. The van der Waals surface area contributed by atoms with Gasteiger partial charge in [-0.1, -0.05) is 38.1 Å². The summed E-state index contributed by atoms with van der Waals surface area (Å²) in [5, 5.41) is 3.03. The van der Waals surface area contributed by atoms with Gasteiger partial charge in [-0.25, -0.2) is 0 Å². The van der Waals surface area contributed by atoms with E-state index in [0.29, 0.717) is 19.0 Å². The summed E-state index contributed by atoms with van der Waals surface area (Å²) >= 11 is 0. The van der Waals surface area contributed by atoms with Crippen LogP contribution in [0.2, 0.25) is 0 Å². The predicted molar refractivity (Wildman–Crippen MR) is 124 cm³/mol. The summed E-state index contributed by atoms with van der Waals surface area (Å²) in [6.45, 7) is 6.97. The number of likely N-dealkylation sites (tertiary alicyclic amines) is 1. The van der Waals surface area contributed by atoms with Gasteiger partial charge in [0.25, 0.3) is 0 Å². The molecule has 2 aromatic rings. The van der Waals surface area contributed by atoms with Gasteiger partial charge >= 0.3 is 0 Å². The molecule has 5 nitrogen and oxygen atoms in total. The minimum atomic E-state index is 0.0292. The van der Waals surface area contributed by atoms with Crippen LogP contribution < -0.4 is 10.1 Å². The fraction of sp³-hybridized carbons (Fsp3) is 0.462. The number of carbonyl (C=O) groups is 2. The molecule has 0 atom stereocenters. The van der Waals surface area contributed by atoms with Crippen LogP contribution in [0, 0.1) is 5.92 Å². The van der Waals surface area contributed by atoms with Gasteiger partial charge in [0.2, 0.25) is 5.91 Å². The minimum Gasteiger partial charge on any atom is -0.497 e. The molecule has 0 aliphatic carbocycles. The van der Waals surface area contributed by atoms with E-state index in [-0.39, 0.29) is 17.6 Å². The maximum Gasteiger partial charge on any atom is 0.234 e. The molecule has 0 saturated carbocycles. The summed E-state index contributed by atoms with van der Waals surface area (Å²) in [7, 11) is 1.62. The average Bonchev–Trinajstić information content (AvgIpc) is 2.79. The van der Waals surface area contributed by atoms with Crippen molar-refractivity contribution in [1.82, 2.24) is 10.2 Å². The second-order valence-corrected chi connectivity index (χ2v) is 8.64. The lowest BCUT2D eigenvalue weighted by Gasteiger charge is -2.30. The lowest BCUT2D eigenvalue weighted by atomic mass is 9.89. The normalized spacial score (nSPS) is 15.1. The van der Waals surface area contributed by atoms with Gasteiger partial charge in [0.1, 0.15) is 5.75 Å². The lowest BCUT2D eigenvalue weighted by Crippen LogP contribution is -2.43. The van der Waals surface area contributed by atoms with Crippen LogP contribution in [-0.4, -0.2) is 49.9 Å². The Kier molecular flexibility index (Phi) is 8.24. The van der Waals surface area contributed by atoms with Crippen molar-refractivity contribution in [2.75, 3.05) is 33.3 Å². The van der Waals surface area contributed by atoms with Crippen LogP contribution in [0.3, 0.4) is 0 Å². The van der Waals surface area contributed by atoms with Gasteiger partial charge in [0.15, 0.2) is 5.78 Å². The first-order chi connectivity index (χ1) is 15.0. The Morgan fingerprint density at radius 3 is 2.26 bits per heavy atom. The third-order valence-corrected chi connectivity index (χ3v) is 6.08. The molecule has 2 aromatic carbocycles. The summed E-state index contributed by atoms with van der Waals surface area (Å²) in [4.78, 5) is 27.2. The van der Waals surface area contributed by atoms with Crippen molar-refractivity contribution >= 4 is 11.7 Å². The van der Waals surface area contributed by atoms with Crippen LogP contribution in [-0.2, 0) is 11.2 Å². The second-order valence-electron chi connectivity index (χ2n) is 8.64. The lowest BCUT2D eigenvalue weighted by molar-refractivity contribution is -0.122. The number of hydrogen-bond donors (Lipinski definition) is 1. The molecule has 5 heteroatoms. The van der Waals surface area contributed by atoms with Gasteiger partial charge in [-0.15, -0.1) is 0 Å². The Labute approximate surface area is 185 Å². The second kappa shape index (κ2) is 11.1. The fourth-order valence-electron chi connectivity index (χ4n) is 4.02. The van der Waals surface area contributed by atoms with Crippen molar-refractivity contribution in [2.45, 2.75) is 39.0 Å². The molecule has 1 aliphatic rings. The van der Waals surface area contributed by atoms with E-state index in [2.05, 4.69) is 48.3 Å². The highest BCUT2D eigenvalue weighted by Crippen LogP contribution is 2.23. The third-order valence-electron chi connectivity index (χ3n) is 6.08. The van der Waals surface area contributed by atoms with Crippen molar-refractivity contribution in [1.29, 1.82) is 0 Å². The first-order valence-corrected chi connectivity index (χ1v) is 11.2. The summed E-state index contributed by atoms with van der Waals surface area (Å²) < 4.78 is 5.16. The number of hydrogen-bond acceptors (Lipinski definition) is 4. The first kappa shape index (κ1) is 23.0. The van der Waals surface area contributed by atoms with Gasteiger partial charge in [-0.2, -0.15) is 0 Å². The van der Waals surface area contributed by atoms with Gasteiger partial charge < -0.3 is 10.1 Å². The molecule has 1 fully saturated rings. The maximum atomic E-state index is 12.7. The third kappa shape index (κ3) is 6.66. The molecule has 0 unspecified atom stereocenters. The highest BCUT2D eigenvalue weighted by Gasteiger charge is 2.26. The molecule has 0 aromatic heterocycles. The van der Waals surface area contributed by atoms with Crippen molar-refractivity contribution in [3.05, 3.63) is 65.2 Å². The van der Waals surface area contributed by atoms with E-state index >= 15 is 0 Å².